The van der Waals surface area contributed by atoms with Gasteiger partial charge in [0.05, 0.1) is 17.7 Å². The Kier molecular flexibility index (Phi) is 3.82. The number of benzene rings is 1. The molecule has 5 heteroatoms. The highest BCUT2D eigenvalue weighted by molar-refractivity contribution is 6.04. The van der Waals surface area contributed by atoms with E-state index < -0.39 is 11.9 Å². The van der Waals surface area contributed by atoms with Crippen LogP contribution in [0.4, 0.5) is 0 Å². The molecule has 0 saturated heterocycles. The highest BCUT2D eigenvalue weighted by Gasteiger charge is 2.15. The number of nitrogens with one attached hydrogen (secondary N) is 1. The highest BCUT2D eigenvalue weighted by atomic mass is 16.6. The molecule has 0 unspecified atom stereocenters. The Labute approximate surface area is 86.6 Å². The number of aromatic carboxylic acids is 1. The average molecular weight is 209 g/mol. The fourth-order valence-corrected chi connectivity index (χ4v) is 1.06. The first kappa shape index (κ1) is 11.2. The Balaban J connectivity index is 2.92. The molecule has 0 spiro atoms. The molecule has 0 atom stereocenters. The number of rotatable bonds is 4. The quantitative estimate of drug-likeness (QED) is 0.727. The van der Waals surface area contributed by atoms with E-state index in [1.54, 1.807) is 19.1 Å². The van der Waals surface area contributed by atoms with Crippen molar-refractivity contribution in [3.8, 4) is 0 Å². The molecule has 0 aliphatic rings. The third kappa shape index (κ3) is 2.78. The highest BCUT2D eigenvalue weighted by Crippen LogP contribution is 2.08. The van der Waals surface area contributed by atoms with E-state index in [0.29, 0.717) is 6.61 Å². The van der Waals surface area contributed by atoms with Gasteiger partial charge in [0.15, 0.2) is 0 Å². The van der Waals surface area contributed by atoms with Crippen LogP contribution < -0.4 is 5.48 Å². The van der Waals surface area contributed by atoms with Crippen LogP contribution in [-0.4, -0.2) is 23.6 Å². The molecule has 0 fully saturated rings. The summed E-state index contributed by atoms with van der Waals surface area (Å²) in [6.45, 7) is 2.03. The normalized spacial score (nSPS) is 9.67. The van der Waals surface area contributed by atoms with Crippen LogP contribution in [0.2, 0.25) is 0 Å². The smallest absolute Gasteiger partial charge is 0.336 e. The molecule has 2 N–H and O–H groups in total. The van der Waals surface area contributed by atoms with Crippen LogP contribution in [-0.2, 0) is 4.84 Å². The summed E-state index contributed by atoms with van der Waals surface area (Å²) in [5, 5.41) is 8.82. The Morgan fingerprint density at radius 1 is 1.33 bits per heavy atom. The second-order valence-corrected chi connectivity index (χ2v) is 2.71. The molecule has 0 aliphatic heterocycles. The van der Waals surface area contributed by atoms with Gasteiger partial charge in [-0.2, -0.15) is 0 Å². The van der Waals surface area contributed by atoms with Gasteiger partial charge in [-0.1, -0.05) is 12.1 Å². The van der Waals surface area contributed by atoms with E-state index >= 15 is 0 Å². The lowest BCUT2D eigenvalue weighted by Crippen LogP contribution is -2.25. The monoisotopic (exact) mass is 209 g/mol. The van der Waals surface area contributed by atoms with Crippen LogP contribution in [0.25, 0.3) is 0 Å². The molecule has 0 aliphatic carbocycles. The summed E-state index contributed by atoms with van der Waals surface area (Å²) in [4.78, 5) is 26.9. The minimum Gasteiger partial charge on any atom is -0.478 e. The molecule has 5 nitrogen and oxygen atoms in total. The first-order chi connectivity index (χ1) is 7.16. The lowest BCUT2D eigenvalue weighted by atomic mass is 10.1. The van der Waals surface area contributed by atoms with Gasteiger partial charge in [-0.05, 0) is 19.1 Å². The van der Waals surface area contributed by atoms with Crippen molar-refractivity contribution >= 4 is 11.9 Å². The van der Waals surface area contributed by atoms with E-state index in [1.165, 1.54) is 12.1 Å². The molecule has 0 bridgehead atoms. The van der Waals surface area contributed by atoms with Gasteiger partial charge in [0.2, 0.25) is 0 Å². The van der Waals surface area contributed by atoms with Crippen LogP contribution >= 0.6 is 0 Å². The maximum atomic E-state index is 11.4. The van der Waals surface area contributed by atoms with Crippen LogP contribution in [0.3, 0.4) is 0 Å². The number of hydrogen-bond acceptors (Lipinski definition) is 3. The Bertz CT molecular complexity index is 375. The molecule has 1 aromatic carbocycles. The number of carboxylic acid groups (broad SMARTS) is 1. The first-order valence-corrected chi connectivity index (χ1v) is 4.41. The van der Waals surface area contributed by atoms with Crippen LogP contribution in [0.15, 0.2) is 24.3 Å². The van der Waals surface area contributed by atoms with Gasteiger partial charge in [0.1, 0.15) is 0 Å². The zero-order valence-electron chi connectivity index (χ0n) is 8.19. The molecule has 80 valence electrons. The van der Waals surface area contributed by atoms with Crippen LogP contribution in [0.5, 0.6) is 0 Å². The van der Waals surface area contributed by atoms with E-state index in [-0.39, 0.29) is 11.1 Å². The minimum absolute atomic E-state index is 0.0466. The van der Waals surface area contributed by atoms with Gasteiger partial charge < -0.3 is 5.11 Å². The summed E-state index contributed by atoms with van der Waals surface area (Å²) in [7, 11) is 0. The third-order valence-electron chi connectivity index (χ3n) is 1.71. The molecule has 0 saturated carbocycles. The van der Waals surface area contributed by atoms with Crippen LogP contribution in [0, 0.1) is 0 Å². The lowest BCUT2D eigenvalue weighted by Gasteiger charge is -2.05. The molecule has 1 aromatic rings. The molecule has 0 radical (unpaired) electrons. The number of carbonyl (C=O) groups is 2. The van der Waals surface area contributed by atoms with Crippen molar-refractivity contribution in [1.29, 1.82) is 0 Å². The second-order valence-electron chi connectivity index (χ2n) is 2.71. The van der Waals surface area contributed by atoms with Crippen molar-refractivity contribution in [2.75, 3.05) is 6.61 Å². The first-order valence-electron chi connectivity index (χ1n) is 4.41. The molecule has 1 rings (SSSR count). The molecule has 1 amide bonds. The largest absolute Gasteiger partial charge is 0.478 e. The van der Waals surface area contributed by atoms with E-state index in [0.717, 1.165) is 0 Å². The van der Waals surface area contributed by atoms with E-state index in [9.17, 15) is 9.59 Å². The average Bonchev–Trinajstić information content (AvgIpc) is 2.25. The summed E-state index contributed by atoms with van der Waals surface area (Å²) in [6, 6.07) is 5.94. The summed E-state index contributed by atoms with van der Waals surface area (Å²) in [6.07, 6.45) is 0. The topological polar surface area (TPSA) is 75.6 Å². The minimum atomic E-state index is -1.14. The number of hydroxylamine groups is 1. The summed E-state index contributed by atoms with van der Waals surface area (Å²) < 4.78 is 0. The maximum absolute atomic E-state index is 11.4. The van der Waals surface area contributed by atoms with Gasteiger partial charge in [0, 0.05) is 0 Å². The van der Waals surface area contributed by atoms with E-state index in [1.807, 2.05) is 0 Å². The zero-order valence-corrected chi connectivity index (χ0v) is 8.19. The molecule has 0 aromatic heterocycles. The van der Waals surface area contributed by atoms with Crippen molar-refractivity contribution in [2.45, 2.75) is 6.92 Å². The Morgan fingerprint density at radius 3 is 2.47 bits per heavy atom. The van der Waals surface area contributed by atoms with Gasteiger partial charge in [-0.15, -0.1) is 0 Å². The summed E-state index contributed by atoms with van der Waals surface area (Å²) in [5.74, 6) is -1.70. The lowest BCUT2D eigenvalue weighted by molar-refractivity contribution is 0.0361. The van der Waals surface area contributed by atoms with Gasteiger partial charge >= 0.3 is 5.97 Å². The number of hydrogen-bond donors (Lipinski definition) is 2. The van der Waals surface area contributed by atoms with Gasteiger partial charge in [-0.25, -0.2) is 10.3 Å². The molecular weight excluding hydrogens is 198 g/mol. The predicted molar refractivity (Wildman–Crippen MR) is 52.5 cm³/mol. The second kappa shape index (κ2) is 5.11. The van der Waals surface area contributed by atoms with Crippen molar-refractivity contribution < 1.29 is 19.5 Å². The molecule has 15 heavy (non-hydrogen) atoms. The fraction of sp³-hybridized carbons (Fsp3) is 0.200. The maximum Gasteiger partial charge on any atom is 0.336 e. The summed E-state index contributed by atoms with van der Waals surface area (Å²) >= 11 is 0. The predicted octanol–water partition coefficient (Wildman–Crippen LogP) is 1.07. The number of carboxylic acids is 1. The Morgan fingerprint density at radius 2 is 1.93 bits per heavy atom. The fourth-order valence-electron chi connectivity index (χ4n) is 1.06. The standard InChI is InChI=1S/C10H11NO4/c1-2-15-11-9(12)7-5-3-4-6-8(7)10(13)14/h3-6H,2H2,1H3,(H,11,12)(H,13,14). The molecular formula is C10H11NO4. The van der Waals surface area contributed by atoms with E-state index in [2.05, 4.69) is 5.48 Å². The van der Waals surface area contributed by atoms with Crippen molar-refractivity contribution in [2.24, 2.45) is 0 Å². The van der Waals surface area contributed by atoms with Gasteiger partial charge in [0.25, 0.3) is 5.91 Å². The van der Waals surface area contributed by atoms with Gasteiger partial charge in [-0.3, -0.25) is 9.63 Å². The van der Waals surface area contributed by atoms with Crippen LogP contribution in [0.1, 0.15) is 27.6 Å². The van der Waals surface area contributed by atoms with Crippen molar-refractivity contribution in [3.63, 3.8) is 0 Å². The zero-order chi connectivity index (χ0) is 11.3. The van der Waals surface area contributed by atoms with Crippen molar-refractivity contribution in [3.05, 3.63) is 35.4 Å². The third-order valence-corrected chi connectivity index (χ3v) is 1.71. The molecule has 0 heterocycles. The Hall–Kier alpha value is -1.88. The van der Waals surface area contributed by atoms with E-state index in [4.69, 9.17) is 9.94 Å². The number of carbonyl (C=O) groups excluding carboxylic acids is 1. The van der Waals surface area contributed by atoms with Crippen molar-refractivity contribution in [1.82, 2.24) is 5.48 Å². The SMILES string of the molecule is CCONC(=O)c1ccccc1C(=O)O. The summed E-state index contributed by atoms with van der Waals surface area (Å²) in [5.41, 5.74) is 2.18. The number of amides is 1.